The van der Waals surface area contributed by atoms with Crippen LogP contribution < -0.4 is 4.74 Å². The van der Waals surface area contributed by atoms with E-state index in [4.69, 9.17) is 4.74 Å². The van der Waals surface area contributed by atoms with Crippen molar-refractivity contribution in [1.82, 2.24) is 4.90 Å². The van der Waals surface area contributed by atoms with E-state index in [1.807, 2.05) is 61.5 Å². The summed E-state index contributed by atoms with van der Waals surface area (Å²) in [6.07, 6.45) is 2.25. The van der Waals surface area contributed by atoms with Gasteiger partial charge in [-0.1, -0.05) is 42.5 Å². The monoisotopic (exact) mass is 393 g/mol. The molecule has 1 aliphatic heterocycles. The van der Waals surface area contributed by atoms with E-state index in [1.54, 1.807) is 4.90 Å². The predicted molar refractivity (Wildman–Crippen MR) is 110 cm³/mol. The van der Waals surface area contributed by atoms with Gasteiger partial charge in [0, 0.05) is 18.5 Å². The van der Waals surface area contributed by atoms with Crippen molar-refractivity contribution in [3.8, 4) is 5.75 Å². The lowest BCUT2D eigenvalue weighted by Crippen LogP contribution is -2.49. The van der Waals surface area contributed by atoms with Crippen molar-refractivity contribution in [1.29, 1.82) is 0 Å². The summed E-state index contributed by atoms with van der Waals surface area (Å²) < 4.78 is 5.83. The molecule has 29 heavy (non-hydrogen) atoms. The van der Waals surface area contributed by atoms with Gasteiger partial charge in [0.2, 0.25) is 5.91 Å². The molecule has 1 heterocycles. The lowest BCUT2D eigenvalue weighted by Gasteiger charge is -2.37. The van der Waals surface area contributed by atoms with Crippen LogP contribution in [0.4, 0.5) is 0 Å². The zero-order chi connectivity index (χ0) is 20.4. The predicted octanol–water partition coefficient (Wildman–Crippen LogP) is 4.08. The van der Waals surface area contributed by atoms with Gasteiger partial charge in [-0.3, -0.25) is 9.59 Å². The van der Waals surface area contributed by atoms with Crippen molar-refractivity contribution in [3.63, 3.8) is 0 Å². The van der Waals surface area contributed by atoms with Crippen molar-refractivity contribution >= 4 is 11.9 Å². The van der Waals surface area contributed by atoms with E-state index in [0.717, 1.165) is 29.7 Å². The molecule has 152 valence electrons. The summed E-state index contributed by atoms with van der Waals surface area (Å²) in [6, 6.07) is 17.8. The number of carboxylic acids is 1. The molecule has 0 bridgehead atoms. The third-order valence-electron chi connectivity index (χ3n) is 6.25. The zero-order valence-corrected chi connectivity index (χ0v) is 16.7. The molecule has 2 unspecified atom stereocenters. The van der Waals surface area contributed by atoms with Gasteiger partial charge in [-0.2, -0.15) is 0 Å². The Hall–Kier alpha value is -2.82. The Morgan fingerprint density at radius 2 is 1.79 bits per heavy atom. The Balaban J connectivity index is 1.34. The largest absolute Gasteiger partial charge is 0.489 e. The summed E-state index contributed by atoms with van der Waals surface area (Å²) in [5.41, 5.74) is 2.27. The SMILES string of the molecule is C[C@@H]1[C@H](C(=O)O)CCCN1C(=O)C1CC1c1ccc(OCc2ccccc2)cc1. The van der Waals surface area contributed by atoms with E-state index in [0.29, 0.717) is 19.6 Å². The van der Waals surface area contributed by atoms with Crippen LogP contribution in [0, 0.1) is 11.8 Å². The number of nitrogens with zero attached hydrogens (tertiary/aromatic N) is 1. The quantitative estimate of drug-likeness (QED) is 0.803. The molecular formula is C24H27NO4. The van der Waals surface area contributed by atoms with Gasteiger partial charge in [0.15, 0.2) is 0 Å². The molecule has 2 aliphatic rings. The number of carbonyl (C=O) groups is 2. The molecule has 0 spiro atoms. The number of amides is 1. The van der Waals surface area contributed by atoms with Crippen LogP contribution in [0.1, 0.15) is 43.2 Å². The molecule has 5 nitrogen and oxygen atoms in total. The number of benzene rings is 2. The van der Waals surface area contributed by atoms with Gasteiger partial charge in [-0.15, -0.1) is 0 Å². The summed E-state index contributed by atoms with van der Waals surface area (Å²) in [6.45, 7) is 3.06. The topological polar surface area (TPSA) is 66.8 Å². The minimum atomic E-state index is -0.798. The summed E-state index contributed by atoms with van der Waals surface area (Å²) in [4.78, 5) is 26.2. The Morgan fingerprint density at radius 3 is 2.48 bits per heavy atom. The lowest BCUT2D eigenvalue weighted by molar-refractivity contribution is -0.149. The molecule has 2 fully saturated rings. The normalized spacial score (nSPS) is 26.0. The summed E-state index contributed by atoms with van der Waals surface area (Å²) >= 11 is 0. The van der Waals surface area contributed by atoms with E-state index < -0.39 is 11.9 Å². The van der Waals surface area contributed by atoms with Crippen LogP contribution in [0.25, 0.3) is 0 Å². The maximum atomic E-state index is 13.0. The first-order valence-corrected chi connectivity index (χ1v) is 10.3. The van der Waals surface area contributed by atoms with Crippen LogP contribution in [0.2, 0.25) is 0 Å². The molecule has 2 aromatic rings. The number of aliphatic carboxylic acids is 1. The second kappa shape index (κ2) is 8.27. The second-order valence-electron chi connectivity index (χ2n) is 8.15. The van der Waals surface area contributed by atoms with E-state index in [1.165, 1.54) is 0 Å². The minimum absolute atomic E-state index is 0.0268. The molecule has 0 radical (unpaired) electrons. The fourth-order valence-corrected chi connectivity index (χ4v) is 4.39. The van der Waals surface area contributed by atoms with Gasteiger partial charge >= 0.3 is 5.97 Å². The number of hydrogen-bond acceptors (Lipinski definition) is 3. The third-order valence-corrected chi connectivity index (χ3v) is 6.25. The molecule has 1 saturated heterocycles. The first kappa shape index (κ1) is 19.5. The molecular weight excluding hydrogens is 366 g/mol. The van der Waals surface area contributed by atoms with Crippen molar-refractivity contribution in [2.45, 2.75) is 44.8 Å². The molecule has 4 rings (SSSR count). The third kappa shape index (κ3) is 4.29. The van der Waals surface area contributed by atoms with Crippen molar-refractivity contribution < 1.29 is 19.4 Å². The van der Waals surface area contributed by atoms with Crippen LogP contribution in [-0.2, 0) is 16.2 Å². The number of likely N-dealkylation sites (tertiary alicyclic amines) is 1. The zero-order valence-electron chi connectivity index (χ0n) is 16.7. The highest BCUT2D eigenvalue weighted by Crippen LogP contribution is 2.49. The number of hydrogen-bond donors (Lipinski definition) is 1. The van der Waals surface area contributed by atoms with Crippen LogP contribution in [0.3, 0.4) is 0 Å². The standard InChI is InChI=1S/C24H27NO4/c1-16-20(24(27)28)8-5-13-25(16)23(26)22-14-21(22)18-9-11-19(12-10-18)29-15-17-6-3-2-4-7-17/h2-4,6-7,9-12,16,20-22H,5,8,13-15H2,1H3,(H,27,28)/t16-,20-,21?,22?/m1/s1. The van der Waals surface area contributed by atoms with Crippen LogP contribution in [-0.4, -0.2) is 34.5 Å². The molecule has 5 heteroatoms. The molecule has 0 aromatic heterocycles. The van der Waals surface area contributed by atoms with Gasteiger partial charge in [0.05, 0.1) is 5.92 Å². The van der Waals surface area contributed by atoms with Crippen LogP contribution in [0.15, 0.2) is 54.6 Å². The molecule has 4 atom stereocenters. The van der Waals surface area contributed by atoms with Crippen molar-refractivity contribution in [3.05, 3.63) is 65.7 Å². The van der Waals surface area contributed by atoms with Gasteiger partial charge < -0.3 is 14.7 Å². The molecule has 1 saturated carbocycles. The number of carboxylic acid groups (broad SMARTS) is 1. The van der Waals surface area contributed by atoms with Crippen molar-refractivity contribution in [2.75, 3.05) is 6.54 Å². The summed E-state index contributed by atoms with van der Waals surface area (Å²) in [7, 11) is 0. The van der Waals surface area contributed by atoms with Gasteiger partial charge in [0.25, 0.3) is 0 Å². The fraction of sp³-hybridized carbons (Fsp3) is 0.417. The minimum Gasteiger partial charge on any atom is -0.489 e. The number of piperidine rings is 1. The first-order chi connectivity index (χ1) is 14.0. The van der Waals surface area contributed by atoms with Gasteiger partial charge in [-0.05, 0) is 55.4 Å². The highest BCUT2D eigenvalue weighted by atomic mass is 16.5. The van der Waals surface area contributed by atoms with Crippen LogP contribution in [0.5, 0.6) is 5.75 Å². The Bertz CT molecular complexity index is 864. The first-order valence-electron chi connectivity index (χ1n) is 10.3. The highest BCUT2D eigenvalue weighted by Gasteiger charge is 2.48. The van der Waals surface area contributed by atoms with E-state index in [2.05, 4.69) is 0 Å². The number of rotatable bonds is 6. The Labute approximate surface area is 171 Å². The van der Waals surface area contributed by atoms with Crippen molar-refractivity contribution in [2.24, 2.45) is 11.8 Å². The maximum Gasteiger partial charge on any atom is 0.308 e. The fourth-order valence-electron chi connectivity index (χ4n) is 4.39. The van der Waals surface area contributed by atoms with Gasteiger partial charge in [-0.25, -0.2) is 0 Å². The summed E-state index contributed by atoms with van der Waals surface area (Å²) in [5.74, 6) is -0.128. The van der Waals surface area contributed by atoms with E-state index in [-0.39, 0.29) is 23.8 Å². The highest BCUT2D eigenvalue weighted by molar-refractivity contribution is 5.84. The Morgan fingerprint density at radius 1 is 1.07 bits per heavy atom. The molecule has 1 amide bonds. The lowest BCUT2D eigenvalue weighted by atomic mass is 9.90. The maximum absolute atomic E-state index is 13.0. The average Bonchev–Trinajstić information content (AvgIpc) is 3.54. The smallest absolute Gasteiger partial charge is 0.308 e. The Kier molecular flexibility index (Phi) is 5.56. The van der Waals surface area contributed by atoms with E-state index >= 15 is 0 Å². The summed E-state index contributed by atoms with van der Waals surface area (Å²) in [5, 5.41) is 9.39. The van der Waals surface area contributed by atoms with Gasteiger partial charge in [0.1, 0.15) is 12.4 Å². The molecule has 1 N–H and O–H groups in total. The number of ether oxygens (including phenoxy) is 1. The number of carbonyl (C=O) groups excluding carboxylic acids is 1. The van der Waals surface area contributed by atoms with Crippen LogP contribution >= 0.6 is 0 Å². The van der Waals surface area contributed by atoms with E-state index in [9.17, 15) is 14.7 Å². The second-order valence-corrected chi connectivity index (χ2v) is 8.15. The average molecular weight is 393 g/mol. The molecule has 1 aliphatic carbocycles. The molecule has 2 aromatic carbocycles.